The third-order valence-electron chi connectivity index (χ3n) is 3.80. The molecular weight excluding hydrogens is 350 g/mol. The summed E-state index contributed by atoms with van der Waals surface area (Å²) in [6.45, 7) is 6.22. The first-order chi connectivity index (χ1) is 9.85. The maximum absolute atomic E-state index is 6.40. The van der Waals surface area contributed by atoms with Crippen LogP contribution in [-0.2, 0) is 19.9 Å². The van der Waals surface area contributed by atoms with E-state index in [1.807, 2.05) is 11.7 Å². The minimum absolute atomic E-state index is 0.0897. The van der Waals surface area contributed by atoms with E-state index in [1.54, 1.807) is 0 Å². The average Bonchev–Trinajstić information content (AvgIpc) is 2.71. The van der Waals surface area contributed by atoms with Crippen molar-refractivity contribution in [1.29, 1.82) is 0 Å². The van der Waals surface area contributed by atoms with Gasteiger partial charge in [-0.3, -0.25) is 4.68 Å². The summed E-state index contributed by atoms with van der Waals surface area (Å²) in [6.07, 6.45) is 1.52. The first-order valence-electron chi connectivity index (χ1n) is 7.07. The van der Waals surface area contributed by atoms with E-state index in [-0.39, 0.29) is 6.04 Å². The molecule has 5 heteroatoms. The Morgan fingerprint density at radius 3 is 2.38 bits per heavy atom. The van der Waals surface area contributed by atoms with Crippen molar-refractivity contribution >= 4 is 27.5 Å². The minimum Gasteiger partial charge on any atom is -0.324 e. The molecule has 0 spiro atoms. The van der Waals surface area contributed by atoms with Gasteiger partial charge in [0.05, 0.1) is 16.4 Å². The Hall–Kier alpha value is -0.840. The smallest absolute Gasteiger partial charge is 0.0850 e. The molecular formula is C16H21BrClN3. The van der Waals surface area contributed by atoms with Gasteiger partial charge < -0.3 is 5.73 Å². The normalized spacial score (nSPS) is 12.7. The number of nitrogens with two attached hydrogens (primary N) is 1. The lowest BCUT2D eigenvalue weighted by Crippen LogP contribution is -2.16. The Labute approximate surface area is 139 Å². The van der Waals surface area contributed by atoms with Gasteiger partial charge in [-0.25, -0.2) is 0 Å². The largest absolute Gasteiger partial charge is 0.324 e. The second-order valence-electron chi connectivity index (χ2n) is 5.46. The molecule has 0 aliphatic heterocycles. The fraction of sp³-hybridized carbons (Fsp3) is 0.438. The van der Waals surface area contributed by atoms with E-state index < -0.39 is 0 Å². The van der Waals surface area contributed by atoms with E-state index in [0.717, 1.165) is 32.9 Å². The molecule has 1 heterocycles. The molecule has 0 amide bonds. The lowest BCUT2D eigenvalue weighted by atomic mass is 9.98. The SMILES string of the molecule is CCc1nn(C)c(CC(N)c2cc(C)c(Br)c(C)c2)c1Cl. The molecule has 21 heavy (non-hydrogen) atoms. The standard InChI is InChI=1S/C16H21BrClN3/c1-5-13-16(18)14(21(4)20-13)8-12(19)11-6-9(2)15(17)10(3)7-11/h6-7,12H,5,8,19H2,1-4H3. The van der Waals surface area contributed by atoms with Crippen LogP contribution in [0.1, 0.15) is 41.0 Å². The molecule has 0 fully saturated rings. The van der Waals surface area contributed by atoms with Crippen LogP contribution >= 0.6 is 27.5 Å². The van der Waals surface area contributed by atoms with Gasteiger partial charge in [0.15, 0.2) is 0 Å². The van der Waals surface area contributed by atoms with Gasteiger partial charge in [-0.05, 0) is 37.0 Å². The third-order valence-corrected chi connectivity index (χ3v) is 5.49. The number of halogens is 2. The lowest BCUT2D eigenvalue weighted by Gasteiger charge is -2.15. The van der Waals surface area contributed by atoms with Crippen LogP contribution in [0.25, 0.3) is 0 Å². The topological polar surface area (TPSA) is 43.8 Å². The van der Waals surface area contributed by atoms with Crippen molar-refractivity contribution in [3.8, 4) is 0 Å². The monoisotopic (exact) mass is 369 g/mol. The molecule has 1 aromatic carbocycles. The Balaban J connectivity index is 2.30. The van der Waals surface area contributed by atoms with E-state index >= 15 is 0 Å². The fourth-order valence-electron chi connectivity index (χ4n) is 2.56. The number of benzene rings is 1. The van der Waals surface area contributed by atoms with E-state index in [1.165, 1.54) is 11.1 Å². The first kappa shape index (κ1) is 16.5. The van der Waals surface area contributed by atoms with Crippen molar-refractivity contribution in [2.24, 2.45) is 12.8 Å². The minimum atomic E-state index is -0.0897. The second kappa shape index (κ2) is 6.51. The zero-order valence-electron chi connectivity index (χ0n) is 12.9. The van der Waals surface area contributed by atoms with Crippen LogP contribution in [0.15, 0.2) is 16.6 Å². The molecule has 0 bridgehead atoms. The molecule has 0 aliphatic rings. The van der Waals surface area contributed by atoms with Crippen LogP contribution < -0.4 is 5.73 Å². The Kier molecular flexibility index (Phi) is 5.12. The second-order valence-corrected chi connectivity index (χ2v) is 6.63. The number of aryl methyl sites for hydroxylation is 4. The summed E-state index contributed by atoms with van der Waals surface area (Å²) >= 11 is 9.99. The zero-order valence-corrected chi connectivity index (χ0v) is 15.2. The van der Waals surface area contributed by atoms with Crippen molar-refractivity contribution in [3.05, 3.63) is 49.7 Å². The van der Waals surface area contributed by atoms with Gasteiger partial charge in [-0.2, -0.15) is 5.10 Å². The molecule has 2 N–H and O–H groups in total. The van der Waals surface area contributed by atoms with Crippen LogP contribution in [0.4, 0.5) is 0 Å². The van der Waals surface area contributed by atoms with Crippen LogP contribution in [-0.4, -0.2) is 9.78 Å². The number of nitrogens with zero attached hydrogens (tertiary/aromatic N) is 2. The Morgan fingerprint density at radius 1 is 1.33 bits per heavy atom. The van der Waals surface area contributed by atoms with Crippen LogP contribution in [0, 0.1) is 13.8 Å². The van der Waals surface area contributed by atoms with Crippen LogP contribution in [0.3, 0.4) is 0 Å². The summed E-state index contributed by atoms with van der Waals surface area (Å²) in [6, 6.07) is 4.17. The van der Waals surface area contributed by atoms with Crippen LogP contribution in [0.5, 0.6) is 0 Å². The number of hydrogen-bond donors (Lipinski definition) is 1. The summed E-state index contributed by atoms with van der Waals surface area (Å²) in [5, 5.41) is 5.20. The van der Waals surface area contributed by atoms with Gasteiger partial charge in [-0.15, -0.1) is 0 Å². The highest BCUT2D eigenvalue weighted by molar-refractivity contribution is 9.10. The van der Waals surface area contributed by atoms with Crippen molar-refractivity contribution in [2.45, 2.75) is 39.7 Å². The van der Waals surface area contributed by atoms with Crippen molar-refractivity contribution in [1.82, 2.24) is 9.78 Å². The molecule has 1 aromatic heterocycles. The molecule has 2 rings (SSSR count). The van der Waals surface area contributed by atoms with Gasteiger partial charge >= 0.3 is 0 Å². The van der Waals surface area contributed by atoms with Crippen molar-refractivity contribution < 1.29 is 0 Å². The summed E-state index contributed by atoms with van der Waals surface area (Å²) < 4.78 is 2.99. The maximum atomic E-state index is 6.40. The number of hydrogen-bond acceptors (Lipinski definition) is 2. The molecule has 3 nitrogen and oxygen atoms in total. The predicted octanol–water partition coefficient (Wildman–Crippen LogP) is 4.26. The van der Waals surface area contributed by atoms with Crippen molar-refractivity contribution in [2.75, 3.05) is 0 Å². The first-order valence-corrected chi connectivity index (χ1v) is 8.24. The molecule has 1 unspecified atom stereocenters. The van der Waals surface area contributed by atoms with Crippen molar-refractivity contribution in [3.63, 3.8) is 0 Å². The predicted molar refractivity (Wildman–Crippen MR) is 91.8 cm³/mol. The van der Waals surface area contributed by atoms with Gasteiger partial charge in [0, 0.05) is 24.0 Å². The molecule has 114 valence electrons. The average molecular weight is 371 g/mol. The van der Waals surface area contributed by atoms with Gasteiger partial charge in [-0.1, -0.05) is 46.6 Å². The maximum Gasteiger partial charge on any atom is 0.0850 e. The summed E-state index contributed by atoms with van der Waals surface area (Å²) in [4.78, 5) is 0. The number of aromatic nitrogens is 2. The molecule has 0 saturated heterocycles. The Bertz CT molecular complexity index is 641. The molecule has 0 aliphatic carbocycles. The highest BCUT2D eigenvalue weighted by atomic mass is 79.9. The molecule has 0 radical (unpaired) electrons. The van der Waals surface area contributed by atoms with Gasteiger partial charge in [0.2, 0.25) is 0 Å². The summed E-state index contributed by atoms with van der Waals surface area (Å²) in [5.74, 6) is 0. The fourth-order valence-corrected chi connectivity index (χ4v) is 3.16. The number of rotatable bonds is 4. The quantitative estimate of drug-likeness (QED) is 0.874. The lowest BCUT2D eigenvalue weighted by molar-refractivity contribution is 0.637. The van der Waals surface area contributed by atoms with E-state index in [9.17, 15) is 0 Å². The summed E-state index contributed by atoms with van der Waals surface area (Å²) in [7, 11) is 1.92. The van der Waals surface area contributed by atoms with E-state index in [0.29, 0.717) is 6.42 Å². The highest BCUT2D eigenvalue weighted by Gasteiger charge is 2.17. The van der Waals surface area contributed by atoms with Gasteiger partial charge in [0.25, 0.3) is 0 Å². The highest BCUT2D eigenvalue weighted by Crippen LogP contribution is 2.28. The van der Waals surface area contributed by atoms with Gasteiger partial charge in [0.1, 0.15) is 0 Å². The molecule has 0 saturated carbocycles. The summed E-state index contributed by atoms with van der Waals surface area (Å²) in [5.41, 5.74) is 11.9. The third kappa shape index (κ3) is 3.33. The van der Waals surface area contributed by atoms with Crippen LogP contribution in [0.2, 0.25) is 5.02 Å². The molecule has 2 aromatic rings. The van der Waals surface area contributed by atoms with E-state index in [4.69, 9.17) is 17.3 Å². The Morgan fingerprint density at radius 2 is 1.90 bits per heavy atom. The van der Waals surface area contributed by atoms with E-state index in [2.05, 4.69) is 53.9 Å². The molecule has 1 atom stereocenters. The zero-order chi connectivity index (χ0) is 15.7.